The van der Waals surface area contributed by atoms with Crippen molar-refractivity contribution in [2.24, 2.45) is 19.2 Å². The molecule has 1 amide bonds. The zero-order valence-electron chi connectivity index (χ0n) is 29.8. The van der Waals surface area contributed by atoms with Gasteiger partial charge in [0.2, 0.25) is 5.91 Å². The van der Waals surface area contributed by atoms with Gasteiger partial charge in [-0.15, -0.1) is 0 Å². The van der Waals surface area contributed by atoms with Crippen LogP contribution in [0.2, 0.25) is 0 Å². The number of nitrogens with one attached hydrogen (secondary N) is 1. The van der Waals surface area contributed by atoms with E-state index in [9.17, 15) is 21.6 Å². The minimum absolute atomic E-state index is 0.00311. The molecule has 0 fully saturated rings. The predicted octanol–water partition coefficient (Wildman–Crippen LogP) is 1.85. The SMILES string of the molecule is CC(=O)O.CC(c1cc(S(=O)(=O)NC(=O)Cc2c3c(cc4c2CCC4)CCC3)nn1C)N(C)C.CC(c1cc(S(N)(=O)=O)nn1C)N(C)C. The summed E-state index contributed by atoms with van der Waals surface area (Å²) in [5.74, 6) is -1.32. The van der Waals surface area contributed by atoms with Gasteiger partial charge in [0.25, 0.3) is 26.0 Å². The molecule has 2 heterocycles. The molecular weight excluding hydrogens is 673 g/mol. The first-order valence-corrected chi connectivity index (χ1v) is 19.0. The lowest BCUT2D eigenvalue weighted by Crippen LogP contribution is -2.32. The Morgan fingerprint density at radius 1 is 0.837 bits per heavy atom. The first-order chi connectivity index (χ1) is 22.6. The highest BCUT2D eigenvalue weighted by molar-refractivity contribution is 7.90. The summed E-state index contributed by atoms with van der Waals surface area (Å²) in [4.78, 5) is 25.7. The predicted molar refractivity (Wildman–Crippen MR) is 185 cm³/mol. The maximum atomic E-state index is 12.8. The van der Waals surface area contributed by atoms with E-state index < -0.39 is 31.9 Å². The van der Waals surface area contributed by atoms with Gasteiger partial charge in [-0.3, -0.25) is 19.0 Å². The molecule has 0 aliphatic heterocycles. The van der Waals surface area contributed by atoms with E-state index in [-0.39, 0.29) is 28.6 Å². The van der Waals surface area contributed by atoms with E-state index in [1.165, 1.54) is 39.1 Å². The summed E-state index contributed by atoms with van der Waals surface area (Å²) in [6, 6.07) is 5.43. The van der Waals surface area contributed by atoms with Crippen molar-refractivity contribution in [3.63, 3.8) is 0 Å². The number of nitrogens with zero attached hydrogens (tertiary/aromatic N) is 6. The van der Waals surface area contributed by atoms with Gasteiger partial charge < -0.3 is 14.9 Å². The van der Waals surface area contributed by atoms with Gasteiger partial charge in [0.1, 0.15) is 0 Å². The Hall–Kier alpha value is -3.64. The van der Waals surface area contributed by atoms with Crippen LogP contribution >= 0.6 is 0 Å². The fourth-order valence-corrected chi connectivity index (χ4v) is 7.54. The van der Waals surface area contributed by atoms with Crippen molar-refractivity contribution in [2.75, 3.05) is 28.2 Å². The van der Waals surface area contributed by atoms with Crippen LogP contribution in [0.1, 0.15) is 84.9 Å². The smallest absolute Gasteiger partial charge is 0.300 e. The van der Waals surface area contributed by atoms with Gasteiger partial charge in [-0.1, -0.05) is 6.07 Å². The molecule has 5 rings (SSSR count). The minimum Gasteiger partial charge on any atom is -0.481 e. The molecule has 17 heteroatoms. The van der Waals surface area contributed by atoms with E-state index in [4.69, 9.17) is 15.0 Å². The number of hydrogen-bond acceptors (Lipinski definition) is 10. The van der Waals surface area contributed by atoms with Crippen LogP contribution in [0.25, 0.3) is 0 Å². The lowest BCUT2D eigenvalue weighted by atomic mass is 9.92. The second-order valence-corrected chi connectivity index (χ2v) is 16.1. The van der Waals surface area contributed by atoms with Gasteiger partial charge in [0, 0.05) is 45.2 Å². The second-order valence-electron chi connectivity index (χ2n) is 12.9. The van der Waals surface area contributed by atoms with Crippen molar-refractivity contribution in [2.45, 2.75) is 87.9 Å². The molecule has 49 heavy (non-hydrogen) atoms. The molecule has 3 aromatic rings. The molecule has 2 aromatic heterocycles. The summed E-state index contributed by atoms with van der Waals surface area (Å²) < 4.78 is 53.2. The molecule has 0 radical (unpaired) electrons. The number of rotatable bonds is 9. The minimum atomic E-state index is -4.02. The summed E-state index contributed by atoms with van der Waals surface area (Å²) in [5, 5.41) is 20.2. The van der Waals surface area contributed by atoms with E-state index in [2.05, 4.69) is 21.0 Å². The van der Waals surface area contributed by atoms with Gasteiger partial charge >= 0.3 is 0 Å². The van der Waals surface area contributed by atoms with Crippen LogP contribution in [0.3, 0.4) is 0 Å². The Bertz CT molecular complexity index is 1860. The zero-order chi connectivity index (χ0) is 37.0. The maximum Gasteiger partial charge on any atom is 0.300 e. The number of aliphatic carboxylic acids is 1. The van der Waals surface area contributed by atoms with E-state index in [1.54, 1.807) is 18.8 Å². The number of carboxylic acids is 1. The summed E-state index contributed by atoms with van der Waals surface area (Å²) >= 11 is 0. The summed E-state index contributed by atoms with van der Waals surface area (Å²) in [6.07, 6.45) is 6.37. The van der Waals surface area contributed by atoms with E-state index in [1.807, 2.05) is 51.8 Å². The quantitative estimate of drug-likeness (QED) is 0.291. The monoisotopic (exact) mass is 722 g/mol. The van der Waals surface area contributed by atoms with Gasteiger partial charge in [-0.25, -0.2) is 18.3 Å². The number of hydrogen-bond donors (Lipinski definition) is 3. The number of nitrogens with two attached hydrogens (primary N) is 1. The van der Waals surface area contributed by atoms with Crippen molar-refractivity contribution in [1.29, 1.82) is 0 Å². The Morgan fingerprint density at radius 2 is 1.24 bits per heavy atom. The number of amides is 1. The molecular formula is C32H50N8O7S2. The molecule has 1 aromatic carbocycles. The highest BCUT2D eigenvalue weighted by Crippen LogP contribution is 2.35. The molecule has 0 spiro atoms. The van der Waals surface area contributed by atoms with Crippen LogP contribution in [-0.2, 0) is 75.8 Å². The van der Waals surface area contributed by atoms with Crippen LogP contribution in [0.5, 0.6) is 0 Å². The number of benzene rings is 1. The summed E-state index contributed by atoms with van der Waals surface area (Å²) in [5.41, 5.74) is 7.86. The Labute approximate surface area is 289 Å². The number of carbonyl (C=O) groups is 2. The average molecular weight is 723 g/mol. The number of sulfonamides is 2. The molecule has 0 saturated heterocycles. The summed E-state index contributed by atoms with van der Waals surface area (Å²) in [6.45, 7) is 5.02. The first-order valence-electron chi connectivity index (χ1n) is 16.0. The number of carbonyl (C=O) groups excluding carboxylic acids is 1. The highest BCUT2D eigenvalue weighted by Gasteiger charge is 2.28. The molecule has 4 N–H and O–H groups in total. The Balaban J connectivity index is 0.000000286. The van der Waals surface area contributed by atoms with Crippen molar-refractivity contribution >= 4 is 31.9 Å². The van der Waals surface area contributed by atoms with E-state index in [0.29, 0.717) is 0 Å². The second kappa shape index (κ2) is 15.9. The molecule has 2 aliphatic carbocycles. The van der Waals surface area contributed by atoms with Crippen LogP contribution in [0.15, 0.2) is 28.3 Å². The van der Waals surface area contributed by atoms with Crippen LogP contribution < -0.4 is 9.86 Å². The lowest BCUT2D eigenvalue weighted by molar-refractivity contribution is -0.134. The molecule has 2 atom stereocenters. The molecule has 2 unspecified atom stereocenters. The normalized spacial score (nSPS) is 15.1. The molecule has 0 saturated carbocycles. The summed E-state index contributed by atoms with van der Waals surface area (Å²) in [7, 11) is 3.34. The molecule has 272 valence electrons. The third-order valence-electron chi connectivity index (χ3n) is 8.94. The highest BCUT2D eigenvalue weighted by atomic mass is 32.2. The van der Waals surface area contributed by atoms with E-state index >= 15 is 0 Å². The van der Waals surface area contributed by atoms with Gasteiger partial charge in [-0.05, 0) is 108 Å². The average Bonchev–Trinajstić information content (AvgIpc) is 3.78. The van der Waals surface area contributed by atoms with Crippen LogP contribution in [-0.4, -0.2) is 91.4 Å². The first kappa shape index (κ1) is 39.8. The number of primary sulfonamides is 1. The third kappa shape index (κ3) is 9.97. The van der Waals surface area contributed by atoms with Gasteiger partial charge in [0.15, 0.2) is 10.1 Å². The standard InChI is InChI=1S/C22H30N4O3S.C8H16N4O2S.C2H4O2/c1-14(25(2)3)20-13-22(23-26(20)4)30(28,29)24-21(27)12-19-17-9-5-7-15(17)11-16-8-6-10-18(16)19;1-6(11(2)3)7-5-8(10-12(7)4)15(9,13)14;1-2(3)4/h11,13-14H,5-10,12H2,1-4H3,(H,24,27);5-6H,1-4H3,(H2,9,13,14);1H3,(H,3,4). The van der Waals surface area contributed by atoms with Crippen LogP contribution in [0.4, 0.5) is 0 Å². The molecule has 0 bridgehead atoms. The van der Waals surface area contributed by atoms with Gasteiger partial charge in [0.05, 0.1) is 17.8 Å². The maximum absolute atomic E-state index is 12.8. The zero-order valence-corrected chi connectivity index (χ0v) is 31.4. The number of aromatic nitrogens is 4. The topological polar surface area (TPSA) is 203 Å². The van der Waals surface area contributed by atoms with Crippen LogP contribution in [0, 0.1) is 0 Å². The third-order valence-corrected chi connectivity index (χ3v) is 11.0. The molecule has 2 aliphatic rings. The Morgan fingerprint density at radius 3 is 1.63 bits per heavy atom. The van der Waals surface area contributed by atoms with Crippen molar-refractivity contribution in [3.8, 4) is 0 Å². The lowest BCUT2D eigenvalue weighted by Gasteiger charge is -2.19. The number of aryl methyl sites for hydroxylation is 4. The fraction of sp³-hybridized carbons (Fsp3) is 0.562. The fourth-order valence-electron chi connectivity index (χ4n) is 6.04. The van der Waals surface area contributed by atoms with Gasteiger partial charge in [-0.2, -0.15) is 18.6 Å². The van der Waals surface area contributed by atoms with E-state index in [0.717, 1.165) is 62.4 Å². The Kier molecular flexibility index (Phi) is 12.9. The number of carboxylic acid groups (broad SMARTS) is 1. The number of fused-ring (bicyclic) bond motifs is 2. The molecule has 15 nitrogen and oxygen atoms in total. The van der Waals surface area contributed by atoms with Crippen molar-refractivity contribution in [3.05, 3.63) is 57.4 Å². The van der Waals surface area contributed by atoms with Crippen molar-refractivity contribution < 1.29 is 31.5 Å². The largest absolute Gasteiger partial charge is 0.481 e. The van der Waals surface area contributed by atoms with Crippen molar-refractivity contribution in [1.82, 2.24) is 34.1 Å².